The summed E-state index contributed by atoms with van der Waals surface area (Å²) < 4.78 is 13.8. The van der Waals surface area contributed by atoms with Crippen molar-refractivity contribution in [3.63, 3.8) is 0 Å². The summed E-state index contributed by atoms with van der Waals surface area (Å²) in [6.07, 6.45) is 1.09. The zero-order valence-electron chi connectivity index (χ0n) is 11.6. The smallest absolute Gasteiger partial charge is 0.274 e. The van der Waals surface area contributed by atoms with Crippen LogP contribution in [0.2, 0.25) is 5.02 Å². The number of benzene rings is 2. The lowest BCUT2D eigenvalue weighted by molar-refractivity contribution is 0.0706. The Labute approximate surface area is 135 Å². The number of hydrogen-bond donors (Lipinski definition) is 3. The van der Waals surface area contributed by atoms with Gasteiger partial charge < -0.3 is 0 Å². The van der Waals surface area contributed by atoms with E-state index in [1.54, 1.807) is 18.2 Å². The monoisotopic (exact) mass is 335 g/mol. The second-order valence-corrected chi connectivity index (χ2v) is 4.76. The Bertz CT molecular complexity index is 780. The zero-order valence-corrected chi connectivity index (χ0v) is 12.3. The third kappa shape index (κ3) is 4.12. The van der Waals surface area contributed by atoms with E-state index in [4.69, 9.17) is 16.8 Å². The average molecular weight is 336 g/mol. The molecule has 0 aromatic heterocycles. The highest BCUT2D eigenvalue weighted by Gasteiger charge is 2.09. The molecular weight excluding hydrogens is 325 g/mol. The standard InChI is InChI=1S/C15H11ClFN3O3/c16-12-4-2-1-3-11(12)15(22)19-18-8-10-6-5-9(7-13(10)17)14(21)20-23/h1-8,23H,(H,19,22)(H,20,21). The number of nitrogens with zero attached hydrogens (tertiary/aromatic N) is 1. The van der Waals surface area contributed by atoms with Crippen molar-refractivity contribution in [2.75, 3.05) is 0 Å². The van der Waals surface area contributed by atoms with Crippen molar-refractivity contribution in [3.8, 4) is 0 Å². The molecule has 2 aromatic rings. The second kappa shape index (κ2) is 7.48. The first-order valence-corrected chi connectivity index (χ1v) is 6.72. The Kier molecular flexibility index (Phi) is 5.40. The molecule has 0 saturated heterocycles. The number of rotatable bonds is 4. The molecule has 0 fully saturated rings. The fourth-order valence-corrected chi connectivity index (χ4v) is 1.93. The Morgan fingerprint density at radius 2 is 1.91 bits per heavy atom. The molecule has 0 aliphatic carbocycles. The van der Waals surface area contributed by atoms with Crippen molar-refractivity contribution >= 4 is 29.6 Å². The number of carbonyl (C=O) groups excluding carboxylic acids is 2. The molecule has 3 N–H and O–H groups in total. The lowest BCUT2D eigenvalue weighted by Gasteiger charge is -2.03. The van der Waals surface area contributed by atoms with Gasteiger partial charge in [0.2, 0.25) is 0 Å². The molecule has 0 radical (unpaired) electrons. The van der Waals surface area contributed by atoms with Crippen molar-refractivity contribution in [1.82, 2.24) is 10.9 Å². The maximum absolute atomic E-state index is 13.8. The summed E-state index contributed by atoms with van der Waals surface area (Å²) in [5.74, 6) is -2.11. The number of nitrogens with one attached hydrogen (secondary N) is 2. The first-order chi connectivity index (χ1) is 11.0. The molecule has 23 heavy (non-hydrogen) atoms. The summed E-state index contributed by atoms with van der Waals surface area (Å²) >= 11 is 5.87. The number of hydrogen-bond acceptors (Lipinski definition) is 4. The first-order valence-electron chi connectivity index (χ1n) is 6.35. The summed E-state index contributed by atoms with van der Waals surface area (Å²) in [4.78, 5) is 23.0. The third-order valence-electron chi connectivity index (χ3n) is 2.85. The van der Waals surface area contributed by atoms with E-state index in [1.165, 1.54) is 23.7 Å². The Balaban J connectivity index is 2.08. The molecule has 0 atom stereocenters. The van der Waals surface area contributed by atoms with E-state index < -0.39 is 17.6 Å². The van der Waals surface area contributed by atoms with Crippen LogP contribution in [-0.2, 0) is 0 Å². The molecule has 6 nitrogen and oxygen atoms in total. The molecule has 0 aliphatic heterocycles. The molecule has 8 heteroatoms. The maximum atomic E-state index is 13.8. The van der Waals surface area contributed by atoms with Gasteiger partial charge in [-0.05, 0) is 30.3 Å². The van der Waals surface area contributed by atoms with E-state index in [-0.39, 0.29) is 21.7 Å². The van der Waals surface area contributed by atoms with E-state index in [0.717, 1.165) is 12.3 Å². The Hall–Kier alpha value is -2.77. The SMILES string of the molecule is O=C(NO)c1ccc(C=NNC(=O)c2ccccc2Cl)c(F)c1. The normalized spacial score (nSPS) is 10.6. The van der Waals surface area contributed by atoms with Gasteiger partial charge in [-0.3, -0.25) is 14.8 Å². The predicted molar refractivity (Wildman–Crippen MR) is 82.2 cm³/mol. The van der Waals surface area contributed by atoms with Gasteiger partial charge in [0.1, 0.15) is 5.82 Å². The minimum absolute atomic E-state index is 0.0535. The van der Waals surface area contributed by atoms with Crippen molar-refractivity contribution in [2.24, 2.45) is 5.10 Å². The molecule has 0 heterocycles. The molecule has 0 bridgehead atoms. The van der Waals surface area contributed by atoms with Crippen molar-refractivity contribution in [3.05, 3.63) is 70.0 Å². The van der Waals surface area contributed by atoms with Crippen LogP contribution < -0.4 is 10.9 Å². The van der Waals surface area contributed by atoms with Gasteiger partial charge in [0.05, 0.1) is 16.8 Å². The Morgan fingerprint density at radius 3 is 2.57 bits per heavy atom. The number of hydroxylamine groups is 1. The molecule has 2 aromatic carbocycles. The molecule has 0 aliphatic rings. The topological polar surface area (TPSA) is 90.8 Å². The average Bonchev–Trinajstić information content (AvgIpc) is 2.55. The van der Waals surface area contributed by atoms with Gasteiger partial charge in [-0.2, -0.15) is 5.10 Å². The highest BCUT2D eigenvalue weighted by atomic mass is 35.5. The predicted octanol–water partition coefficient (Wildman–Crippen LogP) is 2.36. The fourth-order valence-electron chi connectivity index (χ4n) is 1.70. The number of halogens is 2. The maximum Gasteiger partial charge on any atom is 0.274 e. The summed E-state index contributed by atoms with van der Waals surface area (Å²) in [6.45, 7) is 0. The van der Waals surface area contributed by atoms with Crippen LogP contribution in [0.5, 0.6) is 0 Å². The van der Waals surface area contributed by atoms with Gasteiger partial charge in [0.15, 0.2) is 0 Å². The molecular formula is C15H11ClFN3O3. The highest BCUT2D eigenvalue weighted by Crippen LogP contribution is 2.14. The van der Waals surface area contributed by atoms with Crippen LogP contribution in [0.15, 0.2) is 47.6 Å². The molecule has 0 saturated carbocycles. The van der Waals surface area contributed by atoms with Crippen LogP contribution in [0.1, 0.15) is 26.3 Å². The lowest BCUT2D eigenvalue weighted by atomic mass is 10.1. The number of carbonyl (C=O) groups is 2. The number of amides is 2. The van der Waals surface area contributed by atoms with E-state index in [1.807, 2.05) is 0 Å². The quantitative estimate of drug-likeness (QED) is 0.455. The zero-order chi connectivity index (χ0) is 16.8. The largest absolute Gasteiger partial charge is 0.288 e. The van der Waals surface area contributed by atoms with Gasteiger partial charge in [0, 0.05) is 11.1 Å². The van der Waals surface area contributed by atoms with E-state index in [9.17, 15) is 14.0 Å². The van der Waals surface area contributed by atoms with Crippen molar-refractivity contribution in [1.29, 1.82) is 0 Å². The van der Waals surface area contributed by atoms with Gasteiger partial charge >= 0.3 is 0 Å². The van der Waals surface area contributed by atoms with Crippen LogP contribution in [0.4, 0.5) is 4.39 Å². The van der Waals surface area contributed by atoms with Gasteiger partial charge in [-0.15, -0.1) is 0 Å². The highest BCUT2D eigenvalue weighted by molar-refractivity contribution is 6.33. The Morgan fingerprint density at radius 1 is 1.17 bits per heavy atom. The third-order valence-corrected chi connectivity index (χ3v) is 3.18. The molecule has 118 valence electrons. The van der Waals surface area contributed by atoms with E-state index in [2.05, 4.69) is 10.5 Å². The van der Waals surface area contributed by atoms with Crippen molar-refractivity contribution in [2.45, 2.75) is 0 Å². The van der Waals surface area contributed by atoms with E-state index in [0.29, 0.717) is 0 Å². The van der Waals surface area contributed by atoms with Gasteiger partial charge in [0.25, 0.3) is 11.8 Å². The summed E-state index contributed by atoms with van der Waals surface area (Å²) in [7, 11) is 0. The summed E-state index contributed by atoms with van der Waals surface area (Å²) in [5.41, 5.74) is 3.86. The molecule has 0 spiro atoms. The van der Waals surface area contributed by atoms with Crippen LogP contribution in [0.25, 0.3) is 0 Å². The minimum atomic E-state index is -0.834. The minimum Gasteiger partial charge on any atom is -0.288 e. The lowest BCUT2D eigenvalue weighted by Crippen LogP contribution is -2.19. The fraction of sp³-hybridized carbons (Fsp3) is 0. The van der Waals surface area contributed by atoms with Crippen LogP contribution >= 0.6 is 11.6 Å². The summed E-state index contributed by atoms with van der Waals surface area (Å²) in [5, 5.41) is 12.4. The van der Waals surface area contributed by atoms with Crippen LogP contribution in [0, 0.1) is 5.82 Å². The van der Waals surface area contributed by atoms with Gasteiger partial charge in [-0.1, -0.05) is 23.7 Å². The molecule has 2 amide bonds. The van der Waals surface area contributed by atoms with Crippen LogP contribution in [-0.4, -0.2) is 23.2 Å². The van der Waals surface area contributed by atoms with Gasteiger partial charge in [-0.25, -0.2) is 15.3 Å². The summed E-state index contributed by atoms with van der Waals surface area (Å²) in [6, 6.07) is 9.93. The molecule has 2 rings (SSSR count). The van der Waals surface area contributed by atoms with E-state index >= 15 is 0 Å². The van der Waals surface area contributed by atoms with Crippen LogP contribution in [0.3, 0.4) is 0 Å². The van der Waals surface area contributed by atoms with Crippen molar-refractivity contribution < 1.29 is 19.2 Å². The second-order valence-electron chi connectivity index (χ2n) is 4.36. The number of hydrazone groups is 1. The molecule has 0 unspecified atom stereocenters. The first kappa shape index (κ1) is 16.6.